The van der Waals surface area contributed by atoms with Crippen molar-refractivity contribution in [3.8, 4) is 0 Å². The molecule has 2 N–H and O–H groups in total. The quantitative estimate of drug-likeness (QED) is 0.280. The van der Waals surface area contributed by atoms with Crippen LogP contribution < -0.4 is 5.32 Å². The maximum atomic E-state index is 12.6. The lowest BCUT2D eigenvalue weighted by Crippen LogP contribution is -2.35. The number of nitrogens with zero attached hydrogens (tertiary/aromatic N) is 4. The first kappa shape index (κ1) is 22.2. The Hall–Kier alpha value is -2.49. The van der Waals surface area contributed by atoms with Gasteiger partial charge in [0, 0.05) is 19.3 Å². The lowest BCUT2D eigenvalue weighted by molar-refractivity contribution is 0.0766. The van der Waals surface area contributed by atoms with Crippen molar-refractivity contribution < 1.29 is 9.90 Å². The number of pyridine rings is 1. The van der Waals surface area contributed by atoms with Crippen molar-refractivity contribution in [1.82, 2.24) is 14.9 Å². The SMILES string of the molecule is C=N/C(=C\SCNc1ccc(C(=O)N2CC=C(CO)CC2)cn1)c1sc(C)nc1C. The Labute approximate surface area is 184 Å². The number of rotatable bonds is 8. The number of aromatic nitrogens is 2. The van der Waals surface area contributed by atoms with Crippen LogP contribution in [0.1, 0.15) is 32.4 Å². The fraction of sp³-hybridized carbons (Fsp3) is 0.333. The first-order chi connectivity index (χ1) is 14.5. The third-order valence-electron chi connectivity index (χ3n) is 4.64. The van der Waals surface area contributed by atoms with E-state index >= 15 is 0 Å². The molecule has 0 fully saturated rings. The molecule has 30 heavy (non-hydrogen) atoms. The van der Waals surface area contributed by atoms with Gasteiger partial charge in [0.05, 0.1) is 39.3 Å². The van der Waals surface area contributed by atoms with Crippen LogP contribution in [0.2, 0.25) is 0 Å². The largest absolute Gasteiger partial charge is 0.392 e. The number of carbonyl (C=O) groups is 1. The molecule has 0 bridgehead atoms. The van der Waals surface area contributed by atoms with E-state index in [4.69, 9.17) is 5.11 Å². The van der Waals surface area contributed by atoms with E-state index in [0.29, 0.717) is 36.8 Å². The zero-order valence-electron chi connectivity index (χ0n) is 17.1. The second-order valence-corrected chi connectivity index (χ2v) is 8.81. The van der Waals surface area contributed by atoms with Gasteiger partial charge in [-0.1, -0.05) is 6.08 Å². The Morgan fingerprint density at radius 2 is 2.30 bits per heavy atom. The molecule has 158 valence electrons. The third-order valence-corrected chi connectivity index (χ3v) is 6.44. The van der Waals surface area contributed by atoms with Crippen LogP contribution in [-0.2, 0) is 0 Å². The molecule has 1 aliphatic rings. The number of aliphatic imine (C=N–C) groups is 1. The lowest BCUT2D eigenvalue weighted by atomic mass is 10.1. The number of carbonyl (C=O) groups excluding carboxylic acids is 1. The molecule has 0 unspecified atom stereocenters. The van der Waals surface area contributed by atoms with Crippen LogP contribution >= 0.6 is 23.1 Å². The molecule has 0 spiro atoms. The summed E-state index contributed by atoms with van der Waals surface area (Å²) in [4.78, 5) is 28.3. The van der Waals surface area contributed by atoms with Crippen LogP contribution in [-0.4, -0.2) is 58.2 Å². The van der Waals surface area contributed by atoms with Gasteiger partial charge in [-0.25, -0.2) is 9.97 Å². The second-order valence-electron chi connectivity index (χ2n) is 6.75. The Bertz CT molecular complexity index is 966. The summed E-state index contributed by atoms with van der Waals surface area (Å²) in [7, 11) is 0. The molecule has 9 heteroatoms. The molecule has 1 amide bonds. The number of hydrogen-bond acceptors (Lipinski definition) is 8. The molecule has 2 aromatic heterocycles. The topological polar surface area (TPSA) is 90.7 Å². The first-order valence-corrected chi connectivity index (χ1v) is 11.4. The number of aliphatic hydroxyl groups is 1. The molecule has 1 aliphatic heterocycles. The summed E-state index contributed by atoms with van der Waals surface area (Å²) in [6, 6.07) is 3.59. The van der Waals surface area contributed by atoms with Gasteiger partial charge in [0.25, 0.3) is 5.91 Å². The number of nitrogens with one attached hydrogen (secondary N) is 1. The van der Waals surface area contributed by atoms with Crippen molar-refractivity contribution in [3.05, 3.63) is 56.5 Å². The van der Waals surface area contributed by atoms with Gasteiger partial charge in [-0.3, -0.25) is 9.79 Å². The molecule has 3 heterocycles. The summed E-state index contributed by atoms with van der Waals surface area (Å²) in [5, 5.41) is 15.4. The van der Waals surface area contributed by atoms with E-state index in [1.807, 2.05) is 25.3 Å². The minimum Gasteiger partial charge on any atom is -0.392 e. The highest BCUT2D eigenvalue weighted by atomic mass is 32.2. The summed E-state index contributed by atoms with van der Waals surface area (Å²) in [6.07, 6.45) is 4.22. The fourth-order valence-corrected chi connectivity index (χ4v) is 4.65. The molecule has 7 nitrogen and oxygen atoms in total. The zero-order valence-corrected chi connectivity index (χ0v) is 18.7. The Balaban J connectivity index is 1.52. The van der Waals surface area contributed by atoms with Crippen molar-refractivity contribution in [2.45, 2.75) is 20.3 Å². The highest BCUT2D eigenvalue weighted by Gasteiger charge is 2.18. The molecule has 0 radical (unpaired) electrons. The minimum atomic E-state index is -0.0449. The molecular weight excluding hydrogens is 418 g/mol. The summed E-state index contributed by atoms with van der Waals surface area (Å²) >= 11 is 3.17. The van der Waals surface area contributed by atoms with Crippen molar-refractivity contribution in [1.29, 1.82) is 0 Å². The highest BCUT2D eigenvalue weighted by molar-refractivity contribution is 8.02. The molecule has 0 aromatic carbocycles. The van der Waals surface area contributed by atoms with Gasteiger partial charge >= 0.3 is 0 Å². The monoisotopic (exact) mass is 443 g/mol. The normalized spacial score (nSPS) is 14.4. The van der Waals surface area contributed by atoms with E-state index in [2.05, 4.69) is 27.0 Å². The molecule has 0 saturated heterocycles. The summed E-state index contributed by atoms with van der Waals surface area (Å²) < 4.78 is 0. The van der Waals surface area contributed by atoms with Crippen LogP contribution in [0.3, 0.4) is 0 Å². The van der Waals surface area contributed by atoms with E-state index in [1.54, 1.807) is 46.3 Å². The van der Waals surface area contributed by atoms with E-state index in [0.717, 1.165) is 26.8 Å². The Kier molecular flexibility index (Phi) is 7.78. The smallest absolute Gasteiger partial charge is 0.255 e. The van der Waals surface area contributed by atoms with Crippen molar-refractivity contribution >= 4 is 47.2 Å². The number of thioether (sulfide) groups is 1. The first-order valence-electron chi connectivity index (χ1n) is 9.52. The molecule has 0 aliphatic carbocycles. The molecule has 2 aromatic rings. The number of hydrogen-bond donors (Lipinski definition) is 2. The molecule has 3 rings (SSSR count). The van der Waals surface area contributed by atoms with E-state index in [9.17, 15) is 4.79 Å². The van der Waals surface area contributed by atoms with Crippen LogP contribution in [0, 0.1) is 13.8 Å². The predicted octanol–water partition coefficient (Wildman–Crippen LogP) is 3.72. The third kappa shape index (κ3) is 5.56. The van der Waals surface area contributed by atoms with Gasteiger partial charge in [0.2, 0.25) is 0 Å². The Morgan fingerprint density at radius 3 is 2.87 bits per heavy atom. The van der Waals surface area contributed by atoms with Crippen molar-refractivity contribution in [2.75, 3.05) is 30.9 Å². The maximum Gasteiger partial charge on any atom is 0.255 e. The summed E-state index contributed by atoms with van der Waals surface area (Å²) in [5.74, 6) is 1.26. The predicted molar refractivity (Wildman–Crippen MR) is 125 cm³/mol. The molecule has 0 atom stereocenters. The number of amides is 1. The number of anilines is 1. The highest BCUT2D eigenvalue weighted by Crippen LogP contribution is 2.28. The summed E-state index contributed by atoms with van der Waals surface area (Å²) in [6.45, 7) is 8.81. The van der Waals surface area contributed by atoms with E-state index in [-0.39, 0.29) is 12.5 Å². The van der Waals surface area contributed by atoms with Crippen LogP contribution in [0.5, 0.6) is 0 Å². The summed E-state index contributed by atoms with van der Waals surface area (Å²) in [5.41, 5.74) is 3.32. The van der Waals surface area contributed by atoms with Gasteiger partial charge in [0.15, 0.2) is 0 Å². The molecule has 0 saturated carbocycles. The van der Waals surface area contributed by atoms with Crippen LogP contribution in [0.25, 0.3) is 5.70 Å². The van der Waals surface area contributed by atoms with Crippen molar-refractivity contribution in [3.63, 3.8) is 0 Å². The van der Waals surface area contributed by atoms with E-state index in [1.165, 1.54) is 0 Å². The fourth-order valence-electron chi connectivity index (χ4n) is 3.01. The standard InChI is InChI=1S/C21H25N5O2S2/c1-14-20(30-15(2)25-14)18(22-3)12-29-13-24-19-5-4-17(10-23-19)21(28)26-8-6-16(11-27)7-9-26/h4-6,10,12,27H,3,7-9,11,13H2,1-2H3,(H,23,24)/b18-12-. The Morgan fingerprint density at radius 1 is 1.47 bits per heavy atom. The van der Waals surface area contributed by atoms with Gasteiger partial charge in [-0.2, -0.15) is 0 Å². The van der Waals surface area contributed by atoms with E-state index < -0.39 is 0 Å². The van der Waals surface area contributed by atoms with Crippen molar-refractivity contribution in [2.24, 2.45) is 4.99 Å². The van der Waals surface area contributed by atoms with Gasteiger partial charge in [0.1, 0.15) is 5.82 Å². The number of aliphatic hydroxyl groups excluding tert-OH is 1. The zero-order chi connectivity index (χ0) is 21.5. The van der Waals surface area contributed by atoms with Crippen LogP contribution in [0.15, 0.2) is 40.4 Å². The second kappa shape index (κ2) is 10.5. The average molecular weight is 444 g/mol. The average Bonchev–Trinajstić information content (AvgIpc) is 3.11. The number of aryl methyl sites for hydroxylation is 2. The lowest BCUT2D eigenvalue weighted by Gasteiger charge is -2.26. The minimum absolute atomic E-state index is 0.0449. The number of thiazole rings is 1. The van der Waals surface area contributed by atoms with Gasteiger partial charge in [-0.15, -0.1) is 23.1 Å². The van der Waals surface area contributed by atoms with Crippen LogP contribution in [0.4, 0.5) is 5.82 Å². The molecular formula is C21H25N5O2S2. The van der Waals surface area contributed by atoms with Gasteiger partial charge < -0.3 is 15.3 Å². The maximum absolute atomic E-state index is 12.6. The van der Waals surface area contributed by atoms with Gasteiger partial charge in [-0.05, 0) is 50.1 Å².